The molecule has 2 rings (SSSR count). The zero-order valence-electron chi connectivity index (χ0n) is 14.5. The molecule has 0 fully saturated rings. The Hall–Kier alpha value is -2.81. The molecule has 0 amide bonds. The van der Waals surface area contributed by atoms with Gasteiger partial charge in [-0.3, -0.25) is 4.79 Å². The van der Waals surface area contributed by atoms with Crippen LogP contribution in [0.3, 0.4) is 0 Å². The van der Waals surface area contributed by atoms with E-state index in [1.807, 2.05) is 58.9 Å². The smallest absolute Gasteiger partial charge is 0.225 e. The summed E-state index contributed by atoms with van der Waals surface area (Å²) >= 11 is 0. The molecular weight excluding hydrogens is 304 g/mol. The topological polar surface area (TPSA) is 91.6 Å². The Kier molecular flexibility index (Phi) is 4.93. The van der Waals surface area contributed by atoms with Crippen LogP contribution in [0.1, 0.15) is 48.1 Å². The summed E-state index contributed by atoms with van der Waals surface area (Å²) in [6, 6.07) is 7.90. The van der Waals surface area contributed by atoms with Crippen molar-refractivity contribution in [3.8, 4) is 6.07 Å². The Labute approximate surface area is 141 Å². The minimum Gasteiger partial charge on any atom is -0.360 e. The lowest BCUT2D eigenvalue weighted by Crippen LogP contribution is -2.17. The quantitative estimate of drug-likeness (QED) is 0.613. The molecule has 0 bridgehead atoms. The molecule has 1 heterocycles. The number of aromatic nitrogens is 1. The van der Waals surface area contributed by atoms with Gasteiger partial charge in [0.1, 0.15) is 11.8 Å². The molecule has 0 spiro atoms. The van der Waals surface area contributed by atoms with Crippen molar-refractivity contribution in [3.63, 3.8) is 0 Å². The average Bonchev–Trinajstić information content (AvgIpc) is 3.01. The molecule has 124 valence electrons. The number of rotatable bonds is 4. The highest BCUT2D eigenvalue weighted by atomic mass is 16.5. The van der Waals surface area contributed by atoms with Crippen molar-refractivity contribution in [3.05, 3.63) is 46.8 Å². The second-order valence-corrected chi connectivity index (χ2v) is 6.73. The number of nitriles is 1. The van der Waals surface area contributed by atoms with E-state index >= 15 is 0 Å². The maximum absolute atomic E-state index is 12.4. The maximum Gasteiger partial charge on any atom is 0.225 e. The van der Waals surface area contributed by atoms with E-state index in [1.54, 1.807) is 6.07 Å². The predicted molar refractivity (Wildman–Crippen MR) is 89.4 cm³/mol. The molecule has 0 aliphatic carbocycles. The molecule has 1 atom stereocenters. The van der Waals surface area contributed by atoms with Crippen LogP contribution in [-0.2, 0) is 5.41 Å². The van der Waals surface area contributed by atoms with E-state index in [2.05, 4.69) is 15.4 Å². The van der Waals surface area contributed by atoms with Crippen molar-refractivity contribution in [1.82, 2.24) is 5.16 Å². The largest absolute Gasteiger partial charge is 0.360 e. The minimum absolute atomic E-state index is 0.0892. The molecular formula is C18H20N4O2. The standard InChI is InChI=1S/C18H20N4O2/c1-11-6-7-12(2)13(8-11)20-21-15(10-19)17(23)14-9-16(24-22-14)18(3,4)5/h6-9,15H,1-5H3. The van der Waals surface area contributed by atoms with Crippen molar-refractivity contribution < 1.29 is 9.32 Å². The lowest BCUT2D eigenvalue weighted by atomic mass is 9.93. The van der Waals surface area contributed by atoms with Gasteiger partial charge in [0.05, 0.1) is 5.69 Å². The second-order valence-electron chi connectivity index (χ2n) is 6.73. The van der Waals surface area contributed by atoms with Crippen LogP contribution in [0.5, 0.6) is 0 Å². The molecule has 2 aromatic rings. The number of carbonyl (C=O) groups is 1. The average molecular weight is 324 g/mol. The zero-order valence-corrected chi connectivity index (χ0v) is 14.5. The van der Waals surface area contributed by atoms with Crippen LogP contribution >= 0.6 is 0 Å². The van der Waals surface area contributed by atoms with E-state index in [0.29, 0.717) is 11.4 Å². The van der Waals surface area contributed by atoms with Crippen LogP contribution in [0.15, 0.2) is 39.0 Å². The van der Waals surface area contributed by atoms with Gasteiger partial charge in [0.2, 0.25) is 11.8 Å². The summed E-state index contributed by atoms with van der Waals surface area (Å²) in [5.74, 6) is 0.0554. The van der Waals surface area contributed by atoms with Crippen molar-refractivity contribution in [2.75, 3.05) is 0 Å². The van der Waals surface area contributed by atoms with Gasteiger partial charge in [0.15, 0.2) is 5.69 Å². The summed E-state index contributed by atoms with van der Waals surface area (Å²) in [7, 11) is 0. The van der Waals surface area contributed by atoms with Gasteiger partial charge in [-0.05, 0) is 31.0 Å². The molecule has 1 aromatic carbocycles. The van der Waals surface area contributed by atoms with Gasteiger partial charge in [-0.2, -0.15) is 15.5 Å². The predicted octanol–water partition coefficient (Wildman–Crippen LogP) is 4.45. The minimum atomic E-state index is -1.25. The zero-order chi connectivity index (χ0) is 17.9. The fourth-order valence-electron chi connectivity index (χ4n) is 1.97. The van der Waals surface area contributed by atoms with Crippen LogP contribution in [0.25, 0.3) is 0 Å². The number of aryl methyl sites for hydroxylation is 2. The first-order valence-electron chi connectivity index (χ1n) is 7.61. The van der Waals surface area contributed by atoms with E-state index < -0.39 is 11.8 Å². The summed E-state index contributed by atoms with van der Waals surface area (Å²) in [6.45, 7) is 9.68. The van der Waals surface area contributed by atoms with E-state index in [1.165, 1.54) is 0 Å². The number of azo groups is 1. The Morgan fingerprint density at radius 1 is 1.29 bits per heavy atom. The molecule has 0 saturated carbocycles. The molecule has 0 aliphatic heterocycles. The molecule has 6 nitrogen and oxygen atoms in total. The van der Waals surface area contributed by atoms with Crippen LogP contribution in [0, 0.1) is 25.2 Å². The normalized spacial score (nSPS) is 13.0. The van der Waals surface area contributed by atoms with Gasteiger partial charge in [-0.25, -0.2) is 0 Å². The summed E-state index contributed by atoms with van der Waals surface area (Å²) in [5.41, 5.74) is 2.41. The van der Waals surface area contributed by atoms with Crippen LogP contribution < -0.4 is 0 Å². The molecule has 0 N–H and O–H groups in total. The van der Waals surface area contributed by atoms with Gasteiger partial charge in [0, 0.05) is 11.5 Å². The lowest BCUT2D eigenvalue weighted by Gasteiger charge is -2.12. The Balaban J connectivity index is 2.24. The van der Waals surface area contributed by atoms with Crippen LogP contribution in [-0.4, -0.2) is 17.0 Å². The highest BCUT2D eigenvalue weighted by Gasteiger charge is 2.26. The van der Waals surface area contributed by atoms with E-state index in [4.69, 9.17) is 4.52 Å². The highest BCUT2D eigenvalue weighted by molar-refractivity contribution is 6.00. The molecule has 6 heteroatoms. The number of Topliss-reactive ketones (excluding diaryl/α,β-unsaturated/α-hetero) is 1. The summed E-state index contributed by atoms with van der Waals surface area (Å²) in [4.78, 5) is 12.4. The van der Waals surface area contributed by atoms with Gasteiger partial charge in [-0.1, -0.05) is 38.1 Å². The highest BCUT2D eigenvalue weighted by Crippen LogP contribution is 2.24. The van der Waals surface area contributed by atoms with E-state index in [-0.39, 0.29) is 11.1 Å². The Bertz CT molecular complexity index is 822. The first-order valence-corrected chi connectivity index (χ1v) is 7.61. The number of benzene rings is 1. The molecule has 24 heavy (non-hydrogen) atoms. The van der Waals surface area contributed by atoms with Crippen molar-refractivity contribution >= 4 is 11.5 Å². The lowest BCUT2D eigenvalue weighted by molar-refractivity contribution is 0.0970. The fraction of sp³-hybridized carbons (Fsp3) is 0.389. The third-order valence-corrected chi connectivity index (χ3v) is 3.52. The van der Waals surface area contributed by atoms with E-state index in [0.717, 1.165) is 11.1 Å². The summed E-state index contributed by atoms with van der Waals surface area (Å²) in [5, 5.41) is 21.0. The summed E-state index contributed by atoms with van der Waals surface area (Å²) < 4.78 is 5.19. The molecule has 0 aliphatic rings. The van der Waals surface area contributed by atoms with Gasteiger partial charge < -0.3 is 4.52 Å². The first kappa shape index (κ1) is 17.5. The van der Waals surface area contributed by atoms with Gasteiger partial charge >= 0.3 is 0 Å². The third kappa shape index (κ3) is 3.93. The number of ketones is 1. The summed E-state index contributed by atoms with van der Waals surface area (Å²) in [6.07, 6.45) is 0. The number of nitrogens with zero attached hydrogens (tertiary/aromatic N) is 4. The van der Waals surface area contributed by atoms with Crippen LogP contribution in [0.4, 0.5) is 5.69 Å². The molecule has 0 radical (unpaired) electrons. The maximum atomic E-state index is 12.4. The molecule has 1 aromatic heterocycles. The third-order valence-electron chi connectivity index (χ3n) is 3.52. The second kappa shape index (κ2) is 6.75. The monoisotopic (exact) mass is 324 g/mol. The van der Waals surface area contributed by atoms with Gasteiger partial charge in [0.25, 0.3) is 0 Å². The van der Waals surface area contributed by atoms with Crippen molar-refractivity contribution in [1.29, 1.82) is 5.26 Å². The Morgan fingerprint density at radius 2 is 2.00 bits per heavy atom. The van der Waals surface area contributed by atoms with Crippen LogP contribution in [0.2, 0.25) is 0 Å². The first-order chi connectivity index (χ1) is 11.2. The fourth-order valence-corrected chi connectivity index (χ4v) is 1.97. The van der Waals surface area contributed by atoms with E-state index in [9.17, 15) is 10.1 Å². The van der Waals surface area contributed by atoms with Gasteiger partial charge in [-0.15, -0.1) is 0 Å². The SMILES string of the molecule is Cc1ccc(C)c(N=NC(C#N)C(=O)c2cc(C(C)(C)C)on2)c1. The van der Waals surface area contributed by atoms with Crippen molar-refractivity contribution in [2.24, 2.45) is 10.2 Å². The number of hydrogen-bond acceptors (Lipinski definition) is 6. The van der Waals surface area contributed by atoms with Crippen molar-refractivity contribution in [2.45, 2.75) is 46.1 Å². The number of hydrogen-bond donors (Lipinski definition) is 0. The molecule has 1 unspecified atom stereocenters. The number of carbonyl (C=O) groups excluding carboxylic acids is 1. The molecule has 0 saturated heterocycles. The Morgan fingerprint density at radius 3 is 2.58 bits per heavy atom.